The van der Waals surface area contributed by atoms with E-state index in [-0.39, 0.29) is 28.4 Å². The van der Waals surface area contributed by atoms with Gasteiger partial charge < -0.3 is 15.4 Å². The summed E-state index contributed by atoms with van der Waals surface area (Å²) in [4.78, 5) is 31.5. The molecule has 1 fully saturated rings. The number of ether oxygens (including phenoxy) is 1. The highest BCUT2D eigenvalue weighted by atomic mass is 19.1. The molecular formula is C22H21F2N6O3+. The van der Waals surface area contributed by atoms with Crippen LogP contribution in [0.1, 0.15) is 15.9 Å². The van der Waals surface area contributed by atoms with Crippen molar-refractivity contribution in [2.75, 3.05) is 32.0 Å². The lowest BCUT2D eigenvalue weighted by atomic mass is 10.1. The Bertz CT molecular complexity index is 1280. The van der Waals surface area contributed by atoms with Crippen molar-refractivity contribution in [1.29, 1.82) is 0 Å². The van der Waals surface area contributed by atoms with E-state index in [1.807, 2.05) is 0 Å². The number of benzene rings is 1. The molecule has 3 heterocycles. The van der Waals surface area contributed by atoms with Crippen molar-refractivity contribution in [2.45, 2.75) is 0 Å². The number of anilines is 1. The minimum Gasteiger partial charge on any atom is -0.397 e. The molecule has 0 aliphatic carbocycles. The molecule has 3 aromatic rings. The van der Waals surface area contributed by atoms with Crippen LogP contribution in [-0.2, 0) is 4.74 Å². The summed E-state index contributed by atoms with van der Waals surface area (Å²) in [5.41, 5.74) is 10.7. The first kappa shape index (κ1) is 22.1. The van der Waals surface area contributed by atoms with E-state index in [2.05, 4.69) is 4.98 Å². The molecule has 0 spiro atoms. The molecule has 0 atom stereocenters. The maximum absolute atomic E-state index is 14.4. The summed E-state index contributed by atoms with van der Waals surface area (Å²) in [6.45, 7) is 1.87. The number of pyridine rings is 2. The Kier molecular flexibility index (Phi) is 5.88. The number of amidine groups is 1. The molecule has 11 heteroatoms. The monoisotopic (exact) mass is 455 g/mol. The van der Waals surface area contributed by atoms with Crippen LogP contribution in [0.25, 0.3) is 16.9 Å². The standard InChI is InChI=1S/C22H20F2N6O3/c23-14-2-1-3-15(24)19(14)30-11-13(18(25)17(20(26)27)22(30)32)16-5-4-12(10-28-16)21(31)29-6-8-33-9-7-29/h1-5,10-11H,6-9,25H2,(H3,26,27)/p+1. The van der Waals surface area contributed by atoms with Gasteiger partial charge in [0.1, 0.15) is 17.3 Å². The van der Waals surface area contributed by atoms with Crippen molar-refractivity contribution in [3.63, 3.8) is 0 Å². The van der Waals surface area contributed by atoms with Crippen molar-refractivity contribution in [2.24, 2.45) is 5.73 Å². The maximum atomic E-state index is 14.4. The van der Waals surface area contributed by atoms with E-state index in [4.69, 9.17) is 21.6 Å². The molecule has 0 unspecified atom stereocenters. The van der Waals surface area contributed by atoms with Gasteiger partial charge >= 0.3 is 0 Å². The van der Waals surface area contributed by atoms with Crippen molar-refractivity contribution in [3.8, 4) is 16.9 Å². The Morgan fingerprint density at radius 1 is 1.12 bits per heavy atom. The molecule has 0 radical (unpaired) electrons. The molecular weight excluding hydrogens is 434 g/mol. The van der Waals surface area contributed by atoms with Gasteiger partial charge in [-0.05, 0) is 24.3 Å². The smallest absolute Gasteiger partial charge is 0.278 e. The van der Waals surface area contributed by atoms with Gasteiger partial charge in [-0.1, -0.05) is 6.07 Å². The third kappa shape index (κ3) is 4.05. The lowest BCUT2D eigenvalue weighted by molar-refractivity contribution is -0.114. The van der Waals surface area contributed by atoms with Gasteiger partial charge in [-0.25, -0.2) is 8.78 Å². The summed E-state index contributed by atoms with van der Waals surface area (Å²) < 4.78 is 34.9. The van der Waals surface area contributed by atoms with Gasteiger partial charge in [-0.2, -0.15) is 0 Å². The van der Waals surface area contributed by atoms with Crippen molar-refractivity contribution < 1.29 is 23.7 Å². The molecule has 0 bridgehead atoms. The van der Waals surface area contributed by atoms with Crippen molar-refractivity contribution in [1.82, 2.24) is 14.5 Å². The fraction of sp³-hybridized carbons (Fsp3) is 0.182. The Morgan fingerprint density at radius 2 is 1.79 bits per heavy atom. The van der Waals surface area contributed by atoms with E-state index in [9.17, 15) is 18.4 Å². The first-order valence-electron chi connectivity index (χ1n) is 10.0. The van der Waals surface area contributed by atoms with Crippen LogP contribution in [0.3, 0.4) is 0 Å². The largest absolute Gasteiger partial charge is 0.397 e. The minimum absolute atomic E-state index is 0.104. The second kappa shape index (κ2) is 8.79. The molecule has 6 N–H and O–H groups in total. The van der Waals surface area contributed by atoms with Crippen molar-refractivity contribution >= 4 is 17.4 Å². The number of nitrogens with two attached hydrogens (primary N) is 3. The second-order valence-electron chi connectivity index (χ2n) is 7.37. The molecule has 1 aromatic carbocycles. The summed E-state index contributed by atoms with van der Waals surface area (Å²) in [7, 11) is 0. The molecule has 0 saturated carbocycles. The van der Waals surface area contributed by atoms with Crippen LogP contribution in [0.15, 0.2) is 47.5 Å². The predicted octanol–water partition coefficient (Wildman–Crippen LogP) is -0.303. The summed E-state index contributed by atoms with van der Waals surface area (Å²) >= 11 is 0. The van der Waals surface area contributed by atoms with Gasteiger partial charge in [-0.3, -0.25) is 30.3 Å². The number of hydrogen-bond donors (Lipinski definition) is 3. The number of morpholine rings is 1. The average molecular weight is 455 g/mol. The van der Waals surface area contributed by atoms with Crippen LogP contribution >= 0.6 is 0 Å². The molecule has 1 aliphatic rings. The number of halogens is 2. The number of para-hydroxylation sites is 1. The van der Waals surface area contributed by atoms with Gasteiger partial charge in [0.15, 0.2) is 5.56 Å². The van der Waals surface area contributed by atoms with Crippen molar-refractivity contribution in [3.05, 3.63) is 75.8 Å². The van der Waals surface area contributed by atoms with Crippen LogP contribution in [0.2, 0.25) is 0 Å². The Balaban J connectivity index is 1.82. The first-order chi connectivity index (χ1) is 15.8. The molecule has 170 valence electrons. The average Bonchev–Trinajstić information content (AvgIpc) is 2.80. The number of carbonyl (C=O) groups excluding carboxylic acids is 1. The summed E-state index contributed by atoms with van der Waals surface area (Å²) in [6.07, 6.45) is 2.53. The van der Waals surface area contributed by atoms with Crippen LogP contribution in [0.4, 0.5) is 14.5 Å². The predicted molar refractivity (Wildman–Crippen MR) is 117 cm³/mol. The minimum atomic E-state index is -0.964. The quantitative estimate of drug-likeness (QED) is 0.364. The zero-order valence-electron chi connectivity index (χ0n) is 17.4. The zero-order chi connectivity index (χ0) is 23.7. The summed E-state index contributed by atoms with van der Waals surface area (Å²) in [6, 6.07) is 6.27. The highest BCUT2D eigenvalue weighted by molar-refractivity contribution is 6.01. The van der Waals surface area contributed by atoms with Gasteiger partial charge in [-0.15, -0.1) is 0 Å². The molecule has 1 saturated heterocycles. The Labute approximate surface area is 186 Å². The molecule has 1 amide bonds. The van der Waals surface area contributed by atoms with E-state index in [0.717, 1.165) is 22.9 Å². The zero-order valence-corrected chi connectivity index (χ0v) is 17.4. The molecule has 1 aliphatic heterocycles. The first-order valence-corrected chi connectivity index (χ1v) is 10.0. The van der Waals surface area contributed by atoms with Gasteiger partial charge in [0.05, 0.1) is 30.2 Å². The third-order valence-electron chi connectivity index (χ3n) is 5.30. The molecule has 4 rings (SSSR count). The van der Waals surface area contributed by atoms with Gasteiger partial charge in [0.25, 0.3) is 17.3 Å². The van der Waals surface area contributed by atoms with Crippen LogP contribution in [0, 0.1) is 11.6 Å². The number of rotatable bonds is 4. The fourth-order valence-corrected chi connectivity index (χ4v) is 3.62. The fourth-order valence-electron chi connectivity index (χ4n) is 3.62. The third-order valence-corrected chi connectivity index (χ3v) is 5.30. The Morgan fingerprint density at radius 3 is 2.36 bits per heavy atom. The normalized spacial score (nSPS) is 13.7. The maximum Gasteiger partial charge on any atom is 0.278 e. The molecule has 9 nitrogen and oxygen atoms in total. The number of nitrogen functional groups attached to an aromatic ring is 1. The van der Waals surface area contributed by atoms with E-state index in [1.54, 1.807) is 11.0 Å². The van der Waals surface area contributed by atoms with E-state index >= 15 is 0 Å². The summed E-state index contributed by atoms with van der Waals surface area (Å²) in [5, 5.41) is 5.66. The topological polar surface area (TPSA) is 142 Å². The van der Waals surface area contributed by atoms with E-state index in [0.29, 0.717) is 31.9 Å². The highest BCUT2D eigenvalue weighted by Crippen LogP contribution is 2.27. The van der Waals surface area contributed by atoms with Crippen LogP contribution in [0.5, 0.6) is 0 Å². The lowest BCUT2D eigenvalue weighted by Crippen LogP contribution is -2.50. The van der Waals surface area contributed by atoms with E-state index < -0.39 is 28.7 Å². The molecule has 2 aromatic heterocycles. The SMILES string of the molecule is NC(=[NH2+])c1c(N)c(-c2ccc(C(=O)N3CCOCC3)cn2)cn(-c2c(F)cccc2F)c1=O. The number of amides is 1. The van der Waals surface area contributed by atoms with E-state index in [1.165, 1.54) is 18.3 Å². The van der Waals surface area contributed by atoms with Gasteiger partial charge in [0.2, 0.25) is 0 Å². The number of aromatic nitrogens is 2. The van der Waals surface area contributed by atoms with Gasteiger partial charge in [0, 0.05) is 31.0 Å². The Hall–Kier alpha value is -4.12. The molecule has 33 heavy (non-hydrogen) atoms. The number of hydrogen-bond acceptors (Lipinski definition) is 5. The van der Waals surface area contributed by atoms with Crippen LogP contribution < -0.4 is 22.4 Å². The lowest BCUT2D eigenvalue weighted by Gasteiger charge is -2.26. The highest BCUT2D eigenvalue weighted by Gasteiger charge is 2.24. The summed E-state index contributed by atoms with van der Waals surface area (Å²) in [5.74, 6) is -2.55. The second-order valence-corrected chi connectivity index (χ2v) is 7.37. The van der Waals surface area contributed by atoms with Crippen LogP contribution in [-0.4, -0.2) is 52.5 Å². The number of nitrogens with zero attached hydrogens (tertiary/aromatic N) is 3. The number of carbonyl (C=O) groups is 1.